The summed E-state index contributed by atoms with van der Waals surface area (Å²) in [6.45, 7) is 8.81. The lowest BCUT2D eigenvalue weighted by Gasteiger charge is -2.21. The Morgan fingerprint density at radius 1 is 0.548 bits per heavy atom. The van der Waals surface area contributed by atoms with E-state index >= 15 is 0 Å². The highest BCUT2D eigenvalue weighted by atomic mass is 28.3. The van der Waals surface area contributed by atoms with E-state index in [0.717, 1.165) is 16.7 Å². The number of rotatable bonds is 7. The molecule has 0 bridgehead atoms. The number of benzene rings is 4. The van der Waals surface area contributed by atoms with Crippen LogP contribution in [0.1, 0.15) is 50.7 Å². The Morgan fingerprint density at radius 3 is 1.55 bits per heavy atom. The third-order valence-corrected chi connectivity index (χ3v) is 7.64. The van der Waals surface area contributed by atoms with Crippen LogP contribution in [-0.4, -0.2) is 9.28 Å². The molecule has 0 aromatic heterocycles. The van der Waals surface area contributed by atoms with E-state index in [-0.39, 0.29) is 0 Å². The van der Waals surface area contributed by atoms with Gasteiger partial charge in [-0.25, -0.2) is 0 Å². The molecule has 158 valence electrons. The Morgan fingerprint density at radius 2 is 1.03 bits per heavy atom. The summed E-state index contributed by atoms with van der Waals surface area (Å²) in [5.41, 5.74) is 2.61. The third kappa shape index (κ3) is 5.00. The summed E-state index contributed by atoms with van der Waals surface area (Å²) in [6.07, 6.45) is 0. The lowest BCUT2D eigenvalue weighted by atomic mass is 10.0. The summed E-state index contributed by atoms with van der Waals surface area (Å²) in [4.78, 5) is 0. The smallest absolute Gasteiger partial charge is 0.480 e. The number of hydrogen-bond donors (Lipinski definition) is 0. The molecule has 0 radical (unpaired) electrons. The van der Waals surface area contributed by atoms with Crippen LogP contribution in [0, 0.1) is 0 Å². The van der Waals surface area contributed by atoms with Gasteiger partial charge in [-0.1, -0.05) is 94.4 Å². The second kappa shape index (κ2) is 9.40. The molecule has 4 rings (SSSR count). The average molecular weight is 427 g/mol. The fourth-order valence-corrected chi connectivity index (χ4v) is 5.61. The molecule has 0 heterocycles. The predicted molar refractivity (Wildman–Crippen MR) is 133 cm³/mol. The summed E-state index contributed by atoms with van der Waals surface area (Å²) in [7, 11) is -2.28. The molecule has 0 aliphatic carbocycles. The first-order valence-corrected chi connectivity index (χ1v) is 12.5. The van der Waals surface area contributed by atoms with Crippen molar-refractivity contribution in [2.75, 3.05) is 0 Å². The molecule has 0 aliphatic heterocycles. The lowest BCUT2D eigenvalue weighted by Crippen LogP contribution is -2.43. The van der Waals surface area contributed by atoms with Crippen molar-refractivity contribution in [2.45, 2.75) is 39.5 Å². The molecular formula is C28H30O2Si. The number of hydrogen-bond acceptors (Lipinski definition) is 2. The molecular weight excluding hydrogens is 396 g/mol. The fraction of sp³-hybridized carbons (Fsp3) is 0.214. The largest absolute Gasteiger partial charge is 0.511 e. The maximum Gasteiger partial charge on any atom is 0.480 e. The van der Waals surface area contributed by atoms with Crippen LogP contribution < -0.4 is 14.0 Å². The predicted octanol–water partition coefficient (Wildman–Crippen LogP) is 6.67. The molecule has 0 saturated carbocycles. The van der Waals surface area contributed by atoms with Crippen LogP contribution in [0.15, 0.2) is 91.0 Å². The second-order valence-electron chi connectivity index (χ2n) is 8.58. The third-order valence-electron chi connectivity index (χ3n) is 5.66. The van der Waals surface area contributed by atoms with Crippen LogP contribution in [0.2, 0.25) is 0 Å². The van der Waals surface area contributed by atoms with E-state index in [1.165, 1.54) is 21.9 Å². The molecule has 0 aliphatic rings. The van der Waals surface area contributed by atoms with Gasteiger partial charge in [0.15, 0.2) is 0 Å². The molecule has 31 heavy (non-hydrogen) atoms. The van der Waals surface area contributed by atoms with Gasteiger partial charge in [-0.2, -0.15) is 0 Å². The van der Waals surface area contributed by atoms with E-state index in [2.05, 4.69) is 119 Å². The Bertz CT molecular complexity index is 1070. The topological polar surface area (TPSA) is 18.5 Å². The second-order valence-corrected chi connectivity index (χ2v) is 10.3. The lowest BCUT2D eigenvalue weighted by molar-refractivity contribution is 0.439. The van der Waals surface area contributed by atoms with Gasteiger partial charge in [0.05, 0.1) is 0 Å². The normalized spacial score (nSPS) is 11.5. The zero-order valence-electron chi connectivity index (χ0n) is 18.7. The summed E-state index contributed by atoms with van der Waals surface area (Å²) >= 11 is 0. The molecule has 0 spiro atoms. The van der Waals surface area contributed by atoms with Gasteiger partial charge in [-0.15, -0.1) is 0 Å². The minimum Gasteiger partial charge on any atom is -0.511 e. The first-order valence-electron chi connectivity index (χ1n) is 11.0. The van der Waals surface area contributed by atoms with Crippen molar-refractivity contribution in [3.63, 3.8) is 0 Å². The van der Waals surface area contributed by atoms with E-state index in [4.69, 9.17) is 8.85 Å². The van der Waals surface area contributed by atoms with E-state index < -0.39 is 9.28 Å². The first kappa shape index (κ1) is 21.2. The van der Waals surface area contributed by atoms with Crippen LogP contribution in [0.3, 0.4) is 0 Å². The maximum atomic E-state index is 6.54. The quantitative estimate of drug-likeness (QED) is 0.307. The molecule has 2 nitrogen and oxygen atoms in total. The van der Waals surface area contributed by atoms with Gasteiger partial charge in [0.25, 0.3) is 0 Å². The SMILES string of the molecule is CC(C)c1ccc(O[SiH](Oc2ccc(C(C)C)cc2)c2cccc3ccccc23)cc1. The zero-order chi connectivity index (χ0) is 21.8. The molecule has 4 aromatic rings. The Kier molecular flexibility index (Phi) is 6.43. The molecule has 0 N–H and O–H groups in total. The monoisotopic (exact) mass is 426 g/mol. The van der Waals surface area contributed by atoms with Crippen molar-refractivity contribution in [2.24, 2.45) is 0 Å². The minimum atomic E-state index is -2.28. The Labute approximate surface area is 187 Å². The summed E-state index contributed by atoms with van der Waals surface area (Å²) in [5, 5.41) is 3.55. The highest BCUT2D eigenvalue weighted by Crippen LogP contribution is 2.23. The van der Waals surface area contributed by atoms with Crippen LogP contribution in [0.4, 0.5) is 0 Å². The summed E-state index contributed by atoms with van der Waals surface area (Å²) < 4.78 is 13.1. The summed E-state index contributed by atoms with van der Waals surface area (Å²) in [6, 6.07) is 31.6. The molecule has 4 aromatic carbocycles. The molecule has 3 heteroatoms. The van der Waals surface area contributed by atoms with E-state index in [1.807, 2.05) is 0 Å². The van der Waals surface area contributed by atoms with E-state index in [0.29, 0.717) is 11.8 Å². The summed E-state index contributed by atoms with van der Waals surface area (Å²) in [5.74, 6) is 2.70. The first-order chi connectivity index (χ1) is 15.0. The Hall–Kier alpha value is -3.04. The van der Waals surface area contributed by atoms with E-state index in [1.54, 1.807) is 0 Å². The van der Waals surface area contributed by atoms with E-state index in [9.17, 15) is 0 Å². The van der Waals surface area contributed by atoms with Crippen molar-refractivity contribution < 1.29 is 8.85 Å². The van der Waals surface area contributed by atoms with Crippen molar-refractivity contribution in [1.29, 1.82) is 0 Å². The van der Waals surface area contributed by atoms with Gasteiger partial charge < -0.3 is 8.85 Å². The van der Waals surface area contributed by atoms with Gasteiger partial charge in [-0.3, -0.25) is 0 Å². The van der Waals surface area contributed by atoms with Gasteiger partial charge in [-0.05, 0) is 58.0 Å². The van der Waals surface area contributed by atoms with Crippen LogP contribution in [0.5, 0.6) is 11.5 Å². The zero-order valence-corrected chi connectivity index (χ0v) is 19.9. The highest BCUT2D eigenvalue weighted by Gasteiger charge is 2.23. The van der Waals surface area contributed by atoms with Gasteiger partial charge in [0, 0.05) is 5.19 Å². The Balaban J connectivity index is 1.69. The van der Waals surface area contributed by atoms with Crippen molar-refractivity contribution in [1.82, 2.24) is 0 Å². The van der Waals surface area contributed by atoms with Crippen molar-refractivity contribution in [3.05, 3.63) is 102 Å². The van der Waals surface area contributed by atoms with Crippen molar-refractivity contribution in [3.8, 4) is 11.5 Å². The molecule has 0 saturated heterocycles. The molecule has 0 fully saturated rings. The highest BCUT2D eigenvalue weighted by molar-refractivity contribution is 6.65. The number of fused-ring (bicyclic) bond motifs is 1. The van der Waals surface area contributed by atoms with Gasteiger partial charge >= 0.3 is 9.28 Å². The average Bonchev–Trinajstić information content (AvgIpc) is 2.79. The van der Waals surface area contributed by atoms with Gasteiger partial charge in [0.1, 0.15) is 11.5 Å². The molecule has 0 atom stereocenters. The maximum absolute atomic E-state index is 6.54. The van der Waals surface area contributed by atoms with Gasteiger partial charge in [0.2, 0.25) is 0 Å². The van der Waals surface area contributed by atoms with Crippen molar-refractivity contribution >= 4 is 25.2 Å². The van der Waals surface area contributed by atoms with Crippen LogP contribution >= 0.6 is 0 Å². The molecule has 0 unspecified atom stereocenters. The molecule has 0 amide bonds. The standard InChI is InChI=1S/C28H30O2Si/c1-20(2)22-12-16-25(17-13-22)29-31(30-26-18-14-23(15-19-26)21(3)4)28-11-7-9-24-8-5-6-10-27(24)28/h5-21,31H,1-4H3. The minimum absolute atomic E-state index is 0.496. The van der Waals surface area contributed by atoms with Crippen LogP contribution in [-0.2, 0) is 0 Å². The van der Waals surface area contributed by atoms with Crippen LogP contribution in [0.25, 0.3) is 10.8 Å². The fourth-order valence-electron chi connectivity index (χ4n) is 3.72.